The summed E-state index contributed by atoms with van der Waals surface area (Å²) in [5.41, 5.74) is 2.99. The Kier molecular flexibility index (Phi) is 9.75. The first-order valence-electron chi connectivity index (χ1n) is 9.07. The third kappa shape index (κ3) is 6.84. The Bertz CT molecular complexity index is 934. The second-order valence-corrected chi connectivity index (χ2v) is 6.72. The van der Waals surface area contributed by atoms with E-state index < -0.39 is 5.97 Å². The summed E-state index contributed by atoms with van der Waals surface area (Å²) in [4.78, 5) is 33.5. The molecule has 2 N–H and O–H groups in total. The van der Waals surface area contributed by atoms with Crippen molar-refractivity contribution in [1.29, 1.82) is 0 Å². The maximum atomic E-state index is 11.3. The van der Waals surface area contributed by atoms with E-state index in [2.05, 4.69) is 34.4 Å². The molecule has 29 heavy (non-hydrogen) atoms. The summed E-state index contributed by atoms with van der Waals surface area (Å²) in [5, 5.41) is 11.4. The van der Waals surface area contributed by atoms with E-state index in [0.717, 1.165) is 17.5 Å². The van der Waals surface area contributed by atoms with Gasteiger partial charge in [-0.2, -0.15) is 0 Å². The fourth-order valence-corrected chi connectivity index (χ4v) is 2.89. The third-order valence-electron chi connectivity index (χ3n) is 3.80. The third-order valence-corrected chi connectivity index (χ3v) is 4.30. The van der Waals surface area contributed by atoms with Crippen LogP contribution in [-0.2, 0) is 11.2 Å². The van der Waals surface area contributed by atoms with Crippen LogP contribution in [0.2, 0.25) is 0 Å². The first-order valence-corrected chi connectivity index (χ1v) is 9.86. The minimum absolute atomic E-state index is 0.0480. The summed E-state index contributed by atoms with van der Waals surface area (Å²) in [5.74, 6) is -1.27. The highest BCUT2D eigenvalue weighted by atomic mass is 79.9. The largest absolute Gasteiger partial charge is 0.478 e. The van der Waals surface area contributed by atoms with Crippen LogP contribution in [0, 0.1) is 0 Å². The normalized spacial score (nSPS) is 11.3. The molecule has 0 bridgehead atoms. The van der Waals surface area contributed by atoms with Crippen LogP contribution in [0.3, 0.4) is 0 Å². The van der Waals surface area contributed by atoms with Gasteiger partial charge in [-0.15, -0.1) is 6.58 Å². The Morgan fingerprint density at radius 1 is 1.21 bits per heavy atom. The van der Waals surface area contributed by atoms with Crippen molar-refractivity contribution in [3.8, 4) is 0 Å². The quantitative estimate of drug-likeness (QED) is 0.457. The molecule has 0 saturated carbocycles. The molecule has 2 aromatic rings. The van der Waals surface area contributed by atoms with Crippen LogP contribution < -0.4 is 5.32 Å². The molecule has 1 amide bonds. The van der Waals surface area contributed by atoms with E-state index in [-0.39, 0.29) is 29.4 Å². The van der Waals surface area contributed by atoms with Gasteiger partial charge in [0.1, 0.15) is 0 Å². The van der Waals surface area contributed by atoms with Crippen molar-refractivity contribution >= 4 is 39.3 Å². The van der Waals surface area contributed by atoms with Gasteiger partial charge in [-0.3, -0.25) is 9.59 Å². The number of amides is 1. The molecule has 0 heterocycles. The van der Waals surface area contributed by atoms with Gasteiger partial charge in [0.25, 0.3) is 0 Å². The minimum Gasteiger partial charge on any atom is -0.478 e. The number of carboxylic acids is 1. The topological polar surface area (TPSA) is 83.5 Å². The molecule has 152 valence electrons. The number of carbonyl (C=O) groups is 3. The molecule has 0 atom stereocenters. The van der Waals surface area contributed by atoms with Crippen molar-refractivity contribution in [3.63, 3.8) is 0 Å². The van der Waals surface area contributed by atoms with Crippen LogP contribution >= 0.6 is 15.9 Å². The number of rotatable bonds is 4. The maximum Gasteiger partial charge on any atom is 0.337 e. The predicted molar refractivity (Wildman–Crippen MR) is 120 cm³/mol. The summed E-state index contributed by atoms with van der Waals surface area (Å²) in [7, 11) is 0. The predicted octanol–water partition coefficient (Wildman–Crippen LogP) is 5.67. The minimum atomic E-state index is -1.09. The van der Waals surface area contributed by atoms with E-state index in [0.29, 0.717) is 10.0 Å². The number of benzene rings is 2. The van der Waals surface area contributed by atoms with Gasteiger partial charge >= 0.3 is 5.97 Å². The lowest BCUT2D eigenvalue weighted by Crippen LogP contribution is -2.13. The van der Waals surface area contributed by atoms with Crippen LogP contribution in [0.15, 0.2) is 71.7 Å². The average molecular weight is 458 g/mol. The molecular weight excluding hydrogens is 434 g/mol. The molecule has 3 rings (SSSR count). The molecule has 6 heteroatoms. The summed E-state index contributed by atoms with van der Waals surface area (Å²) in [6, 6.07) is 12.3. The lowest BCUT2D eigenvalue weighted by molar-refractivity contribution is -0.115. The molecule has 0 radical (unpaired) electrons. The van der Waals surface area contributed by atoms with Crippen LogP contribution in [0.5, 0.6) is 0 Å². The fraction of sp³-hybridized carbons (Fsp3) is 0.174. The summed E-state index contributed by atoms with van der Waals surface area (Å²) in [6.07, 6.45) is 2.33. The summed E-state index contributed by atoms with van der Waals surface area (Å²) >= 11 is 3.17. The number of halogens is 1. The van der Waals surface area contributed by atoms with Crippen molar-refractivity contribution in [1.82, 2.24) is 0 Å². The molecule has 1 aliphatic rings. The monoisotopic (exact) mass is 457 g/mol. The smallest absolute Gasteiger partial charge is 0.337 e. The van der Waals surface area contributed by atoms with Gasteiger partial charge in [0.2, 0.25) is 5.91 Å². The SMILES string of the molecule is C=C1Cc2ccccc2C1=O.C=CCC(=O)Nc1ccc(Br)cc1C(=O)O.CC. The van der Waals surface area contributed by atoms with Crippen molar-refractivity contribution in [2.45, 2.75) is 26.7 Å². The lowest BCUT2D eigenvalue weighted by atomic mass is 10.1. The average Bonchev–Trinajstić information content (AvgIpc) is 2.99. The second kappa shape index (κ2) is 11.8. The first kappa shape index (κ1) is 24.0. The number of Topliss-reactive ketones (excluding diaryl/α,β-unsaturated/α-hetero) is 1. The van der Waals surface area contributed by atoms with Gasteiger partial charge in [-0.1, -0.05) is 66.7 Å². The number of hydrogen-bond donors (Lipinski definition) is 2. The van der Waals surface area contributed by atoms with Gasteiger partial charge in [0.15, 0.2) is 5.78 Å². The van der Waals surface area contributed by atoms with Gasteiger partial charge in [-0.25, -0.2) is 4.79 Å². The Labute approximate surface area is 179 Å². The number of fused-ring (bicyclic) bond motifs is 1. The van der Waals surface area contributed by atoms with Crippen LogP contribution in [-0.4, -0.2) is 22.8 Å². The van der Waals surface area contributed by atoms with Gasteiger partial charge in [0, 0.05) is 22.9 Å². The number of aromatic carboxylic acids is 1. The molecule has 1 aliphatic carbocycles. The number of allylic oxidation sites excluding steroid dienone is 1. The van der Waals surface area contributed by atoms with E-state index in [9.17, 15) is 14.4 Å². The maximum absolute atomic E-state index is 11.3. The van der Waals surface area contributed by atoms with Crippen molar-refractivity contribution in [2.24, 2.45) is 0 Å². The molecule has 0 unspecified atom stereocenters. The van der Waals surface area contributed by atoms with Crippen molar-refractivity contribution in [3.05, 3.63) is 88.4 Å². The lowest BCUT2D eigenvalue weighted by Gasteiger charge is -2.07. The van der Waals surface area contributed by atoms with Crippen LogP contribution in [0.4, 0.5) is 5.69 Å². The summed E-state index contributed by atoms with van der Waals surface area (Å²) in [6.45, 7) is 11.1. The van der Waals surface area contributed by atoms with E-state index in [1.165, 1.54) is 18.2 Å². The Balaban J connectivity index is 0.000000280. The molecule has 0 spiro atoms. The zero-order valence-corrected chi connectivity index (χ0v) is 18.1. The molecule has 0 aromatic heterocycles. The van der Waals surface area contributed by atoms with E-state index in [4.69, 9.17) is 5.11 Å². The standard InChI is InChI=1S/C11H10BrNO3.C10H8O.C2H6/c1-2-3-10(14)13-9-5-4-7(12)6-8(9)11(15)16;1-7-6-8-4-2-3-5-9(8)10(7)11;1-2/h2,4-6H,1,3H2,(H,13,14)(H,15,16);2-5H,1,6H2;1-2H3. The number of carbonyl (C=O) groups excluding carboxylic acids is 2. The molecule has 0 aliphatic heterocycles. The summed E-state index contributed by atoms with van der Waals surface area (Å²) < 4.78 is 0.645. The second-order valence-electron chi connectivity index (χ2n) is 5.80. The molecule has 2 aromatic carbocycles. The van der Waals surface area contributed by atoms with E-state index >= 15 is 0 Å². The highest BCUT2D eigenvalue weighted by Gasteiger charge is 2.21. The Morgan fingerprint density at radius 3 is 2.45 bits per heavy atom. The van der Waals surface area contributed by atoms with Crippen molar-refractivity contribution < 1.29 is 19.5 Å². The number of hydrogen-bond acceptors (Lipinski definition) is 3. The first-order chi connectivity index (χ1) is 13.8. The van der Waals surface area contributed by atoms with Gasteiger partial charge in [0.05, 0.1) is 11.3 Å². The van der Waals surface area contributed by atoms with E-state index in [1.54, 1.807) is 6.07 Å². The van der Waals surface area contributed by atoms with E-state index in [1.807, 2.05) is 38.1 Å². The van der Waals surface area contributed by atoms with Gasteiger partial charge in [-0.05, 0) is 29.3 Å². The molecular formula is C23H24BrNO4. The zero-order valence-electron chi connectivity index (χ0n) is 16.5. The fourth-order valence-electron chi connectivity index (χ4n) is 2.53. The molecule has 5 nitrogen and oxygen atoms in total. The van der Waals surface area contributed by atoms with Crippen LogP contribution in [0.25, 0.3) is 0 Å². The number of anilines is 1. The Morgan fingerprint density at radius 2 is 1.86 bits per heavy atom. The Hall–Kier alpha value is -2.99. The van der Waals surface area contributed by atoms with Gasteiger partial charge < -0.3 is 10.4 Å². The highest BCUT2D eigenvalue weighted by molar-refractivity contribution is 9.10. The van der Waals surface area contributed by atoms with Crippen molar-refractivity contribution in [2.75, 3.05) is 5.32 Å². The highest BCUT2D eigenvalue weighted by Crippen LogP contribution is 2.24. The number of nitrogens with one attached hydrogen (secondary N) is 1. The number of carboxylic acid groups (broad SMARTS) is 1. The van der Waals surface area contributed by atoms with Crippen LogP contribution in [0.1, 0.15) is 46.5 Å². The zero-order chi connectivity index (χ0) is 22.0. The molecule has 0 saturated heterocycles. The molecule has 0 fully saturated rings. The number of ketones is 1.